The van der Waals surface area contributed by atoms with Crippen molar-refractivity contribution in [2.45, 2.75) is 31.3 Å². The number of aromatic nitrogens is 3. The van der Waals surface area contributed by atoms with Crippen LogP contribution < -0.4 is 5.56 Å². The molecule has 0 spiro atoms. The van der Waals surface area contributed by atoms with Crippen LogP contribution in [0, 0.1) is 6.92 Å². The number of hydrogen-bond acceptors (Lipinski definition) is 7. The van der Waals surface area contributed by atoms with Crippen LogP contribution in [0.25, 0.3) is 21.0 Å². The molecular weight excluding hydrogens is 374 g/mol. The van der Waals surface area contributed by atoms with Gasteiger partial charge in [0.05, 0.1) is 16.1 Å². The van der Waals surface area contributed by atoms with Gasteiger partial charge in [-0.25, -0.2) is 9.97 Å². The summed E-state index contributed by atoms with van der Waals surface area (Å²) < 4.78 is 8.22. The highest BCUT2D eigenvalue weighted by Crippen LogP contribution is 2.29. The van der Waals surface area contributed by atoms with E-state index in [1.165, 1.54) is 23.1 Å². The highest BCUT2D eigenvalue weighted by molar-refractivity contribution is 7.98. The minimum absolute atomic E-state index is 0.0288. The second kappa shape index (κ2) is 6.78. The third kappa shape index (κ3) is 3.05. The zero-order valence-corrected chi connectivity index (χ0v) is 16.1. The van der Waals surface area contributed by atoms with Crippen molar-refractivity contribution in [3.05, 3.63) is 50.8 Å². The molecule has 0 aliphatic rings. The molecule has 0 saturated carbocycles. The zero-order valence-electron chi connectivity index (χ0n) is 13.7. The summed E-state index contributed by atoms with van der Waals surface area (Å²) in [5.41, 5.74) is 1.68. The Hall–Kier alpha value is -1.90. The molecule has 0 unspecified atom stereocenters. The van der Waals surface area contributed by atoms with Crippen LogP contribution in [0.3, 0.4) is 0 Å². The molecule has 0 aromatic carbocycles. The largest absolute Gasteiger partial charge is 0.440 e. The van der Waals surface area contributed by atoms with Gasteiger partial charge < -0.3 is 4.42 Å². The van der Waals surface area contributed by atoms with Crippen molar-refractivity contribution in [2.24, 2.45) is 0 Å². The normalized spacial score (nSPS) is 11.4. The Morgan fingerprint density at radius 2 is 2.12 bits per heavy atom. The van der Waals surface area contributed by atoms with E-state index in [0.29, 0.717) is 22.9 Å². The number of hydrogen-bond donors (Lipinski definition) is 0. The van der Waals surface area contributed by atoms with E-state index in [-0.39, 0.29) is 5.56 Å². The average molecular weight is 390 g/mol. The molecule has 0 aliphatic carbocycles. The fourth-order valence-corrected chi connectivity index (χ4v) is 5.00. The summed E-state index contributed by atoms with van der Waals surface area (Å²) in [6.07, 6.45) is 0. The number of fused-ring (bicyclic) bond motifs is 1. The first-order chi connectivity index (χ1) is 12.2. The minimum Gasteiger partial charge on any atom is -0.440 e. The van der Waals surface area contributed by atoms with Crippen molar-refractivity contribution in [3.8, 4) is 10.8 Å². The average Bonchev–Trinajstić information content (AvgIpc) is 3.33. The van der Waals surface area contributed by atoms with Crippen LogP contribution in [0.1, 0.15) is 18.4 Å². The van der Waals surface area contributed by atoms with E-state index in [0.717, 1.165) is 27.0 Å². The molecule has 0 aliphatic heterocycles. The van der Waals surface area contributed by atoms with Gasteiger partial charge in [-0.1, -0.05) is 17.8 Å². The Morgan fingerprint density at radius 1 is 1.24 bits per heavy atom. The van der Waals surface area contributed by atoms with Gasteiger partial charge in [-0.2, -0.15) is 0 Å². The van der Waals surface area contributed by atoms with E-state index in [1.807, 2.05) is 42.8 Å². The molecule has 0 radical (unpaired) electrons. The first-order valence-electron chi connectivity index (χ1n) is 7.78. The lowest BCUT2D eigenvalue weighted by Crippen LogP contribution is -2.21. The van der Waals surface area contributed by atoms with Crippen molar-refractivity contribution < 1.29 is 4.42 Å². The molecule has 4 aromatic rings. The molecule has 128 valence electrons. The quantitative estimate of drug-likeness (QED) is 0.363. The Balaban J connectivity index is 1.63. The lowest BCUT2D eigenvalue weighted by atomic mass is 10.4. The third-order valence-electron chi connectivity index (χ3n) is 3.81. The van der Waals surface area contributed by atoms with E-state index in [2.05, 4.69) is 9.97 Å². The molecule has 0 atom stereocenters. The van der Waals surface area contributed by atoms with Crippen LogP contribution >= 0.6 is 34.4 Å². The smallest absolute Gasteiger partial charge is 0.272 e. The lowest BCUT2D eigenvalue weighted by Gasteiger charge is -2.08. The predicted molar refractivity (Wildman–Crippen MR) is 104 cm³/mol. The first kappa shape index (κ1) is 16.6. The maximum atomic E-state index is 12.6. The van der Waals surface area contributed by atoms with Crippen molar-refractivity contribution in [1.82, 2.24) is 14.5 Å². The van der Waals surface area contributed by atoms with Crippen molar-refractivity contribution >= 4 is 44.7 Å². The third-order valence-corrected chi connectivity index (χ3v) is 6.55. The van der Waals surface area contributed by atoms with Gasteiger partial charge in [0.1, 0.15) is 10.5 Å². The number of oxazole rings is 1. The van der Waals surface area contributed by atoms with E-state index in [4.69, 9.17) is 4.42 Å². The van der Waals surface area contributed by atoms with Crippen LogP contribution in [0.2, 0.25) is 0 Å². The van der Waals surface area contributed by atoms with Gasteiger partial charge in [0.25, 0.3) is 5.56 Å². The van der Waals surface area contributed by atoms with E-state index in [9.17, 15) is 4.79 Å². The highest BCUT2D eigenvalue weighted by Gasteiger charge is 2.15. The van der Waals surface area contributed by atoms with Gasteiger partial charge >= 0.3 is 0 Å². The molecule has 8 heteroatoms. The van der Waals surface area contributed by atoms with Crippen molar-refractivity contribution in [3.63, 3.8) is 0 Å². The summed E-state index contributed by atoms with van der Waals surface area (Å²) in [6, 6.07) is 5.86. The van der Waals surface area contributed by atoms with E-state index in [1.54, 1.807) is 15.9 Å². The second-order valence-corrected chi connectivity index (χ2v) is 8.17. The maximum absolute atomic E-state index is 12.6. The van der Waals surface area contributed by atoms with Gasteiger partial charge in [-0.15, -0.1) is 22.7 Å². The van der Waals surface area contributed by atoms with Gasteiger partial charge in [0.2, 0.25) is 5.89 Å². The SMILES string of the molecule is CCn1c(SCc2nc(-c3cccs3)oc2C)nc2ccsc2c1=O. The first-order valence-corrected chi connectivity index (χ1v) is 10.5. The maximum Gasteiger partial charge on any atom is 0.272 e. The van der Waals surface area contributed by atoms with Gasteiger partial charge in [-0.05, 0) is 36.7 Å². The molecule has 25 heavy (non-hydrogen) atoms. The molecule has 0 N–H and O–H groups in total. The number of aryl methyl sites for hydroxylation is 1. The number of rotatable bonds is 5. The van der Waals surface area contributed by atoms with E-state index >= 15 is 0 Å². The van der Waals surface area contributed by atoms with Crippen LogP contribution in [0.5, 0.6) is 0 Å². The Labute approximate surface area is 156 Å². The van der Waals surface area contributed by atoms with Crippen LogP contribution in [0.4, 0.5) is 0 Å². The summed E-state index contributed by atoms with van der Waals surface area (Å²) in [5, 5.41) is 4.63. The minimum atomic E-state index is 0.0288. The molecule has 4 aromatic heterocycles. The molecular formula is C17H15N3O2S3. The Kier molecular flexibility index (Phi) is 4.49. The highest BCUT2D eigenvalue weighted by atomic mass is 32.2. The molecule has 0 bridgehead atoms. The van der Waals surface area contributed by atoms with Crippen LogP contribution in [-0.4, -0.2) is 14.5 Å². The molecule has 0 amide bonds. The van der Waals surface area contributed by atoms with Gasteiger partial charge in [0, 0.05) is 12.3 Å². The zero-order chi connectivity index (χ0) is 17.4. The van der Waals surface area contributed by atoms with Gasteiger partial charge in [0.15, 0.2) is 5.16 Å². The Morgan fingerprint density at radius 3 is 2.88 bits per heavy atom. The van der Waals surface area contributed by atoms with Crippen LogP contribution in [0.15, 0.2) is 43.3 Å². The summed E-state index contributed by atoms with van der Waals surface area (Å²) in [6.45, 7) is 4.48. The topological polar surface area (TPSA) is 60.9 Å². The second-order valence-electron chi connectivity index (χ2n) is 5.37. The number of nitrogens with zero attached hydrogens (tertiary/aromatic N) is 3. The lowest BCUT2D eigenvalue weighted by molar-refractivity contribution is 0.542. The van der Waals surface area contributed by atoms with Crippen molar-refractivity contribution in [2.75, 3.05) is 0 Å². The Bertz CT molecular complexity index is 1080. The molecule has 0 fully saturated rings. The van der Waals surface area contributed by atoms with Crippen molar-refractivity contribution in [1.29, 1.82) is 0 Å². The fraction of sp³-hybridized carbons (Fsp3) is 0.235. The monoisotopic (exact) mass is 389 g/mol. The molecule has 4 heterocycles. The van der Waals surface area contributed by atoms with Crippen LogP contribution in [-0.2, 0) is 12.3 Å². The summed E-state index contributed by atoms with van der Waals surface area (Å²) in [4.78, 5) is 22.8. The summed E-state index contributed by atoms with van der Waals surface area (Å²) in [5.74, 6) is 2.07. The summed E-state index contributed by atoms with van der Waals surface area (Å²) in [7, 11) is 0. The standard InChI is InChI=1S/C17H15N3O2S3/c1-3-20-16(21)14-11(6-8-24-14)19-17(20)25-9-12-10(2)22-15(18-12)13-5-4-7-23-13/h4-8H,3,9H2,1-2H3. The number of thioether (sulfide) groups is 1. The molecule has 0 saturated heterocycles. The van der Waals surface area contributed by atoms with Gasteiger partial charge in [-0.3, -0.25) is 9.36 Å². The summed E-state index contributed by atoms with van der Waals surface area (Å²) >= 11 is 4.56. The van der Waals surface area contributed by atoms with E-state index < -0.39 is 0 Å². The fourth-order valence-electron chi connectivity index (χ4n) is 2.51. The molecule has 5 nitrogen and oxygen atoms in total. The predicted octanol–water partition coefficient (Wildman–Crippen LogP) is 4.80. The molecule has 4 rings (SSSR count). The number of thiophene rings is 2.